The van der Waals surface area contributed by atoms with Crippen molar-refractivity contribution in [1.29, 1.82) is 0 Å². The normalized spacial score (nSPS) is 15.8. The van der Waals surface area contributed by atoms with E-state index in [0.717, 1.165) is 0 Å². The van der Waals surface area contributed by atoms with Gasteiger partial charge in [0.2, 0.25) is 0 Å². The van der Waals surface area contributed by atoms with E-state index in [1.165, 1.54) is 0 Å². The summed E-state index contributed by atoms with van der Waals surface area (Å²) in [5.41, 5.74) is 0. The van der Waals surface area contributed by atoms with Crippen LogP contribution in [0.3, 0.4) is 0 Å². The van der Waals surface area contributed by atoms with E-state index in [-0.39, 0.29) is 12.8 Å². The van der Waals surface area contributed by atoms with Crippen molar-refractivity contribution in [2.24, 2.45) is 0 Å². The van der Waals surface area contributed by atoms with E-state index in [4.69, 9.17) is 4.55 Å². The highest BCUT2D eigenvalue weighted by Gasteiger charge is 2.32. The lowest BCUT2D eigenvalue weighted by Gasteiger charge is -2.16. The summed E-state index contributed by atoms with van der Waals surface area (Å²) in [7, 11) is -0.908. The van der Waals surface area contributed by atoms with Crippen molar-refractivity contribution < 1.29 is 30.5 Å². The van der Waals surface area contributed by atoms with E-state index >= 15 is 0 Å². The topological polar surface area (TPSA) is 66.4 Å². The molecule has 0 bridgehead atoms. The number of unbranched alkanes of at least 4 members (excludes halogenated alkanes) is 3. The quantitative estimate of drug-likeness (QED) is 0.365. The van der Waals surface area contributed by atoms with Gasteiger partial charge in [-0.15, -0.1) is 0 Å². The predicted octanol–water partition coefficient (Wildman–Crippen LogP) is 2.64. The van der Waals surface area contributed by atoms with Crippen LogP contribution < -0.4 is 5.32 Å². The average Bonchev–Trinajstić information content (AvgIpc) is 2.36. The van der Waals surface area contributed by atoms with Crippen LogP contribution in [0.1, 0.15) is 32.1 Å². The van der Waals surface area contributed by atoms with E-state index in [1.807, 2.05) is 14.1 Å². The Morgan fingerprint density at radius 2 is 1.48 bits per heavy atom. The number of nitrogens with one attached hydrogen (secondary N) is 1. The maximum absolute atomic E-state index is 13.2. The molecule has 0 spiro atoms. The molecule has 0 radical (unpaired) electrons. The minimum atomic E-state index is -4.66. The van der Waals surface area contributed by atoms with Gasteiger partial charge in [-0.1, -0.05) is 19.3 Å². The molecule has 3 atom stereocenters. The number of rotatable bonds is 10. The summed E-state index contributed by atoms with van der Waals surface area (Å²) >= 11 is 0. The van der Waals surface area contributed by atoms with Crippen LogP contribution in [0.25, 0.3) is 0 Å². The first-order chi connectivity index (χ1) is 9.69. The summed E-state index contributed by atoms with van der Waals surface area (Å²) in [4.78, 5) is 0. The minimum absolute atomic E-state index is 0.251. The lowest BCUT2D eigenvalue weighted by atomic mass is 10.0. The summed E-state index contributed by atoms with van der Waals surface area (Å²) < 4.78 is 79.8. The molecule has 0 rings (SSSR count). The third-order valence-electron chi connectivity index (χ3n) is 2.42. The first kappa shape index (κ1) is 22.9. The van der Waals surface area contributed by atoms with Crippen LogP contribution in [0.15, 0.2) is 0 Å². The van der Waals surface area contributed by atoms with Crippen molar-refractivity contribution in [2.45, 2.75) is 50.6 Å². The van der Waals surface area contributed by atoms with Gasteiger partial charge in [0.25, 0.3) is 10.1 Å². The second-order valence-corrected chi connectivity index (χ2v) is 6.11. The second kappa shape index (κ2) is 13.3. The van der Waals surface area contributed by atoms with E-state index in [0.29, 0.717) is 19.3 Å². The maximum atomic E-state index is 13.2. The van der Waals surface area contributed by atoms with Gasteiger partial charge >= 0.3 is 0 Å². The van der Waals surface area contributed by atoms with Crippen molar-refractivity contribution in [3.8, 4) is 0 Å². The van der Waals surface area contributed by atoms with Crippen LogP contribution in [0.2, 0.25) is 0 Å². The second-order valence-electron chi connectivity index (χ2n) is 4.62. The van der Waals surface area contributed by atoms with E-state index in [2.05, 4.69) is 5.32 Å². The monoisotopic (exact) mass is 339 g/mol. The van der Waals surface area contributed by atoms with Gasteiger partial charge in [0, 0.05) is 0 Å². The first-order valence-corrected chi connectivity index (χ1v) is 8.32. The highest BCUT2D eigenvalue weighted by atomic mass is 32.2. The summed E-state index contributed by atoms with van der Waals surface area (Å²) in [5.74, 6) is -1.45. The fraction of sp³-hybridized carbons (Fsp3) is 1.00. The lowest BCUT2D eigenvalue weighted by Crippen LogP contribution is -2.33. The molecule has 21 heavy (non-hydrogen) atoms. The standard InChI is InChI=1S/C10H18F4O3S.C2H7N/c11-6-4-2-1-3-5-8(12)10(14)9(13)7-18(15,16)17;1-3-2/h8-10H,1-7H2,(H,15,16,17);3H,1-2H3. The summed E-state index contributed by atoms with van der Waals surface area (Å²) in [5, 5.41) is 2.75. The molecule has 0 saturated heterocycles. The minimum Gasteiger partial charge on any atom is -0.323 e. The Morgan fingerprint density at radius 3 is 1.90 bits per heavy atom. The zero-order valence-electron chi connectivity index (χ0n) is 12.4. The molecule has 0 fully saturated rings. The molecule has 0 heterocycles. The molecule has 0 saturated carbocycles. The molecule has 0 aromatic heterocycles. The third kappa shape index (κ3) is 15.8. The highest BCUT2D eigenvalue weighted by Crippen LogP contribution is 2.19. The van der Waals surface area contributed by atoms with Gasteiger partial charge in [-0.25, -0.2) is 13.2 Å². The van der Waals surface area contributed by atoms with Crippen LogP contribution >= 0.6 is 0 Å². The molecule has 0 amide bonds. The highest BCUT2D eigenvalue weighted by molar-refractivity contribution is 7.85. The Balaban J connectivity index is 0. The SMILES string of the molecule is CNC.O=S(=O)(O)CC(F)C(F)C(F)CCCCCCF. The summed E-state index contributed by atoms with van der Waals surface area (Å²) in [6.45, 7) is -0.467. The Morgan fingerprint density at radius 1 is 1.00 bits per heavy atom. The molecule has 3 unspecified atom stereocenters. The maximum Gasteiger partial charge on any atom is 0.267 e. The van der Waals surface area contributed by atoms with Crippen molar-refractivity contribution in [3.05, 3.63) is 0 Å². The van der Waals surface area contributed by atoms with Gasteiger partial charge in [-0.05, 0) is 26.9 Å². The molecule has 2 N–H and O–H groups in total. The Kier molecular flexibility index (Phi) is 14.4. The van der Waals surface area contributed by atoms with Gasteiger partial charge < -0.3 is 5.32 Å². The molecule has 4 nitrogen and oxygen atoms in total. The molecule has 130 valence electrons. The Bertz CT molecular complexity index is 330. The first-order valence-electron chi connectivity index (χ1n) is 6.71. The van der Waals surface area contributed by atoms with Crippen LogP contribution in [0.4, 0.5) is 17.6 Å². The third-order valence-corrected chi connectivity index (χ3v) is 3.16. The zero-order valence-corrected chi connectivity index (χ0v) is 13.2. The summed E-state index contributed by atoms with van der Waals surface area (Å²) in [6, 6.07) is 0. The molecule has 0 aliphatic rings. The average molecular weight is 339 g/mol. The number of alkyl halides is 4. The molecule has 0 aliphatic heterocycles. The fourth-order valence-electron chi connectivity index (χ4n) is 1.47. The number of hydrogen-bond donors (Lipinski definition) is 2. The molecule has 0 aliphatic carbocycles. The van der Waals surface area contributed by atoms with Crippen molar-refractivity contribution >= 4 is 10.1 Å². The van der Waals surface area contributed by atoms with Gasteiger partial charge in [0.1, 0.15) is 11.9 Å². The van der Waals surface area contributed by atoms with Crippen molar-refractivity contribution in [3.63, 3.8) is 0 Å². The van der Waals surface area contributed by atoms with Gasteiger partial charge in [0.05, 0.1) is 6.67 Å². The Hall–Kier alpha value is -0.410. The largest absolute Gasteiger partial charge is 0.323 e. The van der Waals surface area contributed by atoms with Crippen LogP contribution in [0, 0.1) is 0 Å². The molecular formula is C12H25F4NO3S. The van der Waals surface area contributed by atoms with Crippen LogP contribution in [0.5, 0.6) is 0 Å². The smallest absolute Gasteiger partial charge is 0.267 e. The van der Waals surface area contributed by atoms with E-state index < -0.39 is 41.1 Å². The molecular weight excluding hydrogens is 314 g/mol. The zero-order chi connectivity index (χ0) is 16.9. The summed E-state index contributed by atoms with van der Waals surface area (Å²) in [6.07, 6.45) is -5.85. The predicted molar refractivity (Wildman–Crippen MR) is 75.1 cm³/mol. The van der Waals surface area contributed by atoms with Gasteiger partial charge in [0.15, 0.2) is 12.3 Å². The van der Waals surface area contributed by atoms with Gasteiger partial charge in [-0.3, -0.25) is 8.94 Å². The molecule has 9 heteroatoms. The van der Waals surface area contributed by atoms with Gasteiger partial charge in [-0.2, -0.15) is 8.42 Å². The molecule has 0 aromatic rings. The van der Waals surface area contributed by atoms with Crippen LogP contribution in [-0.4, -0.2) is 58.0 Å². The lowest BCUT2D eigenvalue weighted by molar-refractivity contribution is 0.0853. The van der Waals surface area contributed by atoms with Crippen LogP contribution in [-0.2, 0) is 10.1 Å². The molecule has 0 aromatic carbocycles. The van der Waals surface area contributed by atoms with Crippen molar-refractivity contribution in [1.82, 2.24) is 5.32 Å². The Labute approximate surface area is 124 Å². The fourth-order valence-corrected chi connectivity index (χ4v) is 2.05. The van der Waals surface area contributed by atoms with Crippen molar-refractivity contribution in [2.75, 3.05) is 26.5 Å². The van der Waals surface area contributed by atoms with E-state index in [9.17, 15) is 26.0 Å². The number of hydrogen-bond acceptors (Lipinski definition) is 3. The van der Waals surface area contributed by atoms with E-state index in [1.54, 1.807) is 0 Å². The number of halogens is 4.